The predicted molar refractivity (Wildman–Crippen MR) is 110 cm³/mol. The molecule has 0 unspecified atom stereocenters. The Balaban J connectivity index is 1.98. The molecule has 1 aromatic heterocycles. The highest BCUT2D eigenvalue weighted by molar-refractivity contribution is 7.99. The summed E-state index contributed by atoms with van der Waals surface area (Å²) >= 11 is 1.18. The summed E-state index contributed by atoms with van der Waals surface area (Å²) < 4.78 is 14.8. The Morgan fingerprint density at radius 2 is 1.82 bits per heavy atom. The zero-order valence-corrected chi connectivity index (χ0v) is 16.8. The van der Waals surface area contributed by atoms with Gasteiger partial charge in [-0.2, -0.15) is 0 Å². The van der Waals surface area contributed by atoms with Crippen LogP contribution in [-0.2, 0) is 4.79 Å². The topological polar surface area (TPSA) is 64.0 Å². The SMILES string of the molecule is CC(C)[C@H](C)NC(=O)CSc1nc2ccccc2c(=O)n1-c1ccc(F)cc1. The molecule has 0 saturated heterocycles. The van der Waals surface area contributed by atoms with Crippen molar-refractivity contribution in [3.8, 4) is 5.69 Å². The van der Waals surface area contributed by atoms with Gasteiger partial charge in [0.25, 0.3) is 5.56 Å². The number of benzene rings is 2. The van der Waals surface area contributed by atoms with Crippen molar-refractivity contribution in [2.75, 3.05) is 5.75 Å². The highest BCUT2D eigenvalue weighted by Gasteiger charge is 2.16. The van der Waals surface area contributed by atoms with Gasteiger partial charge in [-0.15, -0.1) is 0 Å². The summed E-state index contributed by atoms with van der Waals surface area (Å²) in [5.41, 5.74) is 0.808. The van der Waals surface area contributed by atoms with Crippen molar-refractivity contribution < 1.29 is 9.18 Å². The molecule has 0 aliphatic carbocycles. The van der Waals surface area contributed by atoms with E-state index in [-0.39, 0.29) is 29.1 Å². The Labute approximate surface area is 167 Å². The number of hydrogen-bond donors (Lipinski definition) is 1. The van der Waals surface area contributed by atoms with E-state index in [0.717, 1.165) is 0 Å². The van der Waals surface area contributed by atoms with Gasteiger partial charge in [-0.05, 0) is 49.2 Å². The van der Waals surface area contributed by atoms with Crippen molar-refractivity contribution in [3.63, 3.8) is 0 Å². The maximum atomic E-state index is 13.3. The number of nitrogens with one attached hydrogen (secondary N) is 1. The van der Waals surface area contributed by atoms with Crippen molar-refractivity contribution in [1.29, 1.82) is 0 Å². The minimum atomic E-state index is -0.387. The number of carbonyl (C=O) groups excluding carboxylic acids is 1. The van der Waals surface area contributed by atoms with Crippen LogP contribution >= 0.6 is 11.8 Å². The molecule has 0 aliphatic heterocycles. The average Bonchev–Trinajstić information content (AvgIpc) is 2.67. The molecule has 1 heterocycles. The van der Waals surface area contributed by atoms with Crippen LogP contribution in [0.5, 0.6) is 0 Å². The zero-order chi connectivity index (χ0) is 20.3. The van der Waals surface area contributed by atoms with Gasteiger partial charge in [-0.1, -0.05) is 37.7 Å². The molecule has 1 atom stereocenters. The lowest BCUT2D eigenvalue weighted by atomic mass is 10.1. The summed E-state index contributed by atoms with van der Waals surface area (Å²) in [4.78, 5) is 29.9. The highest BCUT2D eigenvalue weighted by Crippen LogP contribution is 2.21. The summed E-state index contributed by atoms with van der Waals surface area (Å²) in [5, 5.41) is 3.80. The Hall–Kier alpha value is -2.67. The maximum absolute atomic E-state index is 13.3. The molecule has 3 aromatic rings. The van der Waals surface area contributed by atoms with Gasteiger partial charge < -0.3 is 5.32 Å². The Bertz CT molecular complexity index is 1050. The lowest BCUT2D eigenvalue weighted by molar-refractivity contribution is -0.119. The third kappa shape index (κ3) is 4.42. The number of halogens is 1. The first-order valence-corrected chi connectivity index (χ1v) is 10.0. The molecule has 3 rings (SSSR count). The van der Waals surface area contributed by atoms with Crippen LogP contribution < -0.4 is 10.9 Å². The van der Waals surface area contributed by atoms with E-state index in [0.29, 0.717) is 27.7 Å². The molecular formula is C21H22FN3O2S. The van der Waals surface area contributed by atoms with Gasteiger partial charge in [-0.3, -0.25) is 14.2 Å². The number of carbonyl (C=O) groups is 1. The molecule has 28 heavy (non-hydrogen) atoms. The van der Waals surface area contributed by atoms with Gasteiger partial charge >= 0.3 is 0 Å². The van der Waals surface area contributed by atoms with Crippen LogP contribution in [0.25, 0.3) is 16.6 Å². The van der Waals surface area contributed by atoms with E-state index in [1.807, 2.05) is 26.8 Å². The summed E-state index contributed by atoms with van der Waals surface area (Å²) in [5.74, 6) is -0.0607. The van der Waals surface area contributed by atoms with E-state index in [1.54, 1.807) is 18.2 Å². The minimum absolute atomic E-state index is 0.0527. The summed E-state index contributed by atoms with van der Waals surface area (Å²) in [7, 11) is 0. The second kappa shape index (κ2) is 8.56. The normalized spacial score (nSPS) is 12.3. The molecule has 0 fully saturated rings. The average molecular weight is 399 g/mol. The number of hydrogen-bond acceptors (Lipinski definition) is 4. The standard InChI is InChI=1S/C21H22FN3O2S/c1-13(2)14(3)23-19(26)12-28-21-24-18-7-5-4-6-17(18)20(27)25(21)16-10-8-15(22)9-11-16/h4-11,13-14H,12H2,1-3H3,(H,23,26)/t14-/m0/s1. The van der Waals surface area contributed by atoms with Gasteiger partial charge in [0.05, 0.1) is 22.3 Å². The van der Waals surface area contributed by atoms with Crippen LogP contribution in [-0.4, -0.2) is 27.3 Å². The van der Waals surface area contributed by atoms with E-state index >= 15 is 0 Å². The summed E-state index contributed by atoms with van der Waals surface area (Å²) in [6.07, 6.45) is 0. The molecular weight excluding hydrogens is 377 g/mol. The Kier molecular flexibility index (Phi) is 6.14. The molecule has 0 aliphatic rings. The molecule has 2 aromatic carbocycles. The van der Waals surface area contributed by atoms with Crippen molar-refractivity contribution in [2.45, 2.75) is 32.0 Å². The first-order chi connectivity index (χ1) is 13.4. The highest BCUT2D eigenvalue weighted by atomic mass is 32.2. The maximum Gasteiger partial charge on any atom is 0.266 e. The fourth-order valence-corrected chi connectivity index (χ4v) is 3.44. The van der Waals surface area contributed by atoms with E-state index in [9.17, 15) is 14.0 Å². The molecule has 1 N–H and O–H groups in total. The van der Waals surface area contributed by atoms with E-state index in [2.05, 4.69) is 10.3 Å². The number of aromatic nitrogens is 2. The summed E-state index contributed by atoms with van der Waals surface area (Å²) in [6, 6.07) is 12.7. The monoisotopic (exact) mass is 399 g/mol. The van der Waals surface area contributed by atoms with Crippen LogP contribution in [0.2, 0.25) is 0 Å². The van der Waals surface area contributed by atoms with E-state index in [1.165, 1.54) is 40.6 Å². The third-order valence-electron chi connectivity index (χ3n) is 4.55. The fraction of sp³-hybridized carbons (Fsp3) is 0.286. The quantitative estimate of drug-likeness (QED) is 0.506. The van der Waals surface area contributed by atoms with Gasteiger partial charge in [0, 0.05) is 6.04 Å². The lowest BCUT2D eigenvalue weighted by Crippen LogP contribution is -2.37. The number of para-hydroxylation sites is 1. The van der Waals surface area contributed by atoms with Crippen molar-refractivity contribution in [3.05, 3.63) is 64.7 Å². The van der Waals surface area contributed by atoms with Crippen LogP contribution in [0.3, 0.4) is 0 Å². The first-order valence-electron chi connectivity index (χ1n) is 9.06. The smallest absolute Gasteiger partial charge is 0.266 e. The van der Waals surface area contributed by atoms with Crippen LogP contribution in [0, 0.1) is 11.7 Å². The van der Waals surface area contributed by atoms with Gasteiger partial charge in [-0.25, -0.2) is 9.37 Å². The Morgan fingerprint density at radius 1 is 1.14 bits per heavy atom. The molecule has 5 nitrogen and oxygen atoms in total. The third-order valence-corrected chi connectivity index (χ3v) is 5.49. The molecule has 7 heteroatoms. The molecule has 0 bridgehead atoms. The second-order valence-electron chi connectivity index (χ2n) is 6.92. The van der Waals surface area contributed by atoms with Crippen molar-refractivity contribution in [2.24, 2.45) is 5.92 Å². The molecule has 146 valence electrons. The molecule has 1 amide bonds. The van der Waals surface area contributed by atoms with Gasteiger partial charge in [0.1, 0.15) is 5.82 Å². The first kappa shape index (κ1) is 20.1. The van der Waals surface area contributed by atoms with Gasteiger partial charge in [0.15, 0.2) is 5.16 Å². The second-order valence-corrected chi connectivity index (χ2v) is 7.86. The minimum Gasteiger partial charge on any atom is -0.353 e. The summed E-state index contributed by atoms with van der Waals surface area (Å²) in [6.45, 7) is 6.03. The Morgan fingerprint density at radius 3 is 2.50 bits per heavy atom. The fourth-order valence-electron chi connectivity index (χ4n) is 2.62. The van der Waals surface area contributed by atoms with E-state index < -0.39 is 0 Å². The van der Waals surface area contributed by atoms with Crippen LogP contribution in [0.15, 0.2) is 58.5 Å². The number of amides is 1. The number of rotatable bonds is 6. The number of nitrogens with zero attached hydrogens (tertiary/aromatic N) is 2. The molecule has 0 radical (unpaired) electrons. The molecule has 0 spiro atoms. The number of fused-ring (bicyclic) bond motifs is 1. The van der Waals surface area contributed by atoms with Crippen molar-refractivity contribution >= 4 is 28.6 Å². The predicted octanol–water partition coefficient (Wildman–Crippen LogP) is 3.78. The van der Waals surface area contributed by atoms with Crippen molar-refractivity contribution in [1.82, 2.24) is 14.9 Å². The largest absolute Gasteiger partial charge is 0.353 e. The van der Waals surface area contributed by atoms with Crippen LogP contribution in [0.1, 0.15) is 20.8 Å². The lowest BCUT2D eigenvalue weighted by Gasteiger charge is -2.17. The van der Waals surface area contributed by atoms with E-state index in [4.69, 9.17) is 0 Å². The zero-order valence-electron chi connectivity index (χ0n) is 16.0. The number of thioether (sulfide) groups is 1. The van der Waals surface area contributed by atoms with Crippen LogP contribution in [0.4, 0.5) is 4.39 Å². The molecule has 0 saturated carbocycles. The van der Waals surface area contributed by atoms with Gasteiger partial charge in [0.2, 0.25) is 5.91 Å².